The van der Waals surface area contributed by atoms with Gasteiger partial charge in [-0.05, 0) is 13.0 Å². The van der Waals surface area contributed by atoms with E-state index in [1.165, 1.54) is 6.92 Å². The maximum Gasteiger partial charge on any atom is 0.194 e. The summed E-state index contributed by atoms with van der Waals surface area (Å²) in [5.41, 5.74) is 3.81. The highest BCUT2D eigenvalue weighted by molar-refractivity contribution is 5.27. The first-order valence-electron chi connectivity index (χ1n) is 3.94. The molecule has 2 nitrogen and oxygen atoms in total. The van der Waals surface area contributed by atoms with Crippen molar-refractivity contribution in [2.75, 3.05) is 6.61 Å². The summed E-state index contributed by atoms with van der Waals surface area (Å²) in [4.78, 5) is 0. The van der Waals surface area contributed by atoms with Crippen molar-refractivity contribution >= 4 is 0 Å². The number of aliphatic hydroxyl groups excluding tert-OH is 1. The Morgan fingerprint density at radius 2 is 1.86 bits per heavy atom. The molecule has 14 heavy (non-hydrogen) atoms. The Morgan fingerprint density at radius 3 is 2.36 bits per heavy atom. The lowest BCUT2D eigenvalue weighted by molar-refractivity contribution is 0.205. The Balaban J connectivity index is 3.31. The van der Waals surface area contributed by atoms with Gasteiger partial charge in [-0.25, -0.2) is 13.2 Å². The van der Waals surface area contributed by atoms with Gasteiger partial charge in [0.15, 0.2) is 17.5 Å². The van der Waals surface area contributed by atoms with Gasteiger partial charge >= 0.3 is 0 Å². The smallest absolute Gasteiger partial charge is 0.194 e. The van der Waals surface area contributed by atoms with Crippen LogP contribution in [0.15, 0.2) is 12.1 Å². The van der Waals surface area contributed by atoms with Crippen LogP contribution >= 0.6 is 0 Å². The van der Waals surface area contributed by atoms with E-state index in [-0.39, 0.29) is 5.56 Å². The van der Waals surface area contributed by atoms with Crippen LogP contribution in [0.1, 0.15) is 12.5 Å². The van der Waals surface area contributed by atoms with E-state index in [9.17, 15) is 13.2 Å². The summed E-state index contributed by atoms with van der Waals surface area (Å²) in [5, 5.41) is 8.82. The number of nitrogens with two attached hydrogens (primary N) is 1. The van der Waals surface area contributed by atoms with Crippen molar-refractivity contribution in [1.29, 1.82) is 0 Å². The Labute approximate surface area is 79.2 Å². The molecule has 0 heterocycles. The van der Waals surface area contributed by atoms with Crippen molar-refractivity contribution in [3.05, 3.63) is 35.1 Å². The van der Waals surface area contributed by atoms with E-state index in [2.05, 4.69) is 0 Å². The van der Waals surface area contributed by atoms with Crippen LogP contribution in [0.25, 0.3) is 0 Å². The quantitative estimate of drug-likeness (QED) is 0.714. The summed E-state index contributed by atoms with van der Waals surface area (Å²) in [6, 6.07) is 1.79. The zero-order valence-corrected chi connectivity index (χ0v) is 7.52. The molecule has 1 unspecified atom stereocenters. The highest BCUT2D eigenvalue weighted by Gasteiger charge is 2.26. The summed E-state index contributed by atoms with van der Waals surface area (Å²) < 4.78 is 38.4. The molecule has 1 aromatic carbocycles. The second-order valence-corrected chi connectivity index (χ2v) is 3.30. The summed E-state index contributed by atoms with van der Waals surface area (Å²) >= 11 is 0. The van der Waals surface area contributed by atoms with E-state index in [0.29, 0.717) is 0 Å². The molecule has 1 aromatic rings. The third-order valence-corrected chi connectivity index (χ3v) is 1.98. The molecular formula is C9H10F3NO. The van der Waals surface area contributed by atoms with Crippen molar-refractivity contribution < 1.29 is 18.3 Å². The van der Waals surface area contributed by atoms with E-state index in [4.69, 9.17) is 10.8 Å². The van der Waals surface area contributed by atoms with Gasteiger partial charge < -0.3 is 10.8 Å². The summed E-state index contributed by atoms with van der Waals surface area (Å²) in [6.07, 6.45) is 0. The van der Waals surface area contributed by atoms with Crippen molar-refractivity contribution in [1.82, 2.24) is 0 Å². The Hall–Kier alpha value is -1.07. The third-order valence-electron chi connectivity index (χ3n) is 1.98. The molecular weight excluding hydrogens is 195 g/mol. The molecule has 0 spiro atoms. The van der Waals surface area contributed by atoms with Gasteiger partial charge in [0, 0.05) is 5.56 Å². The Kier molecular flexibility index (Phi) is 2.82. The van der Waals surface area contributed by atoms with Crippen LogP contribution < -0.4 is 5.73 Å². The molecule has 0 aliphatic heterocycles. The average Bonchev–Trinajstić information content (AvgIpc) is 2.14. The van der Waals surface area contributed by atoms with Crippen LogP contribution in [0.5, 0.6) is 0 Å². The zero-order chi connectivity index (χ0) is 10.9. The van der Waals surface area contributed by atoms with Gasteiger partial charge in [-0.1, -0.05) is 6.07 Å². The van der Waals surface area contributed by atoms with Gasteiger partial charge in [-0.3, -0.25) is 0 Å². The van der Waals surface area contributed by atoms with Crippen molar-refractivity contribution in [3.8, 4) is 0 Å². The molecule has 0 aliphatic carbocycles. The van der Waals surface area contributed by atoms with Crippen LogP contribution in [0.2, 0.25) is 0 Å². The first-order valence-corrected chi connectivity index (χ1v) is 3.94. The van der Waals surface area contributed by atoms with Gasteiger partial charge in [0.25, 0.3) is 0 Å². The molecule has 5 heteroatoms. The molecule has 0 saturated heterocycles. The third kappa shape index (κ3) is 1.73. The van der Waals surface area contributed by atoms with Crippen LogP contribution in [0, 0.1) is 17.5 Å². The number of rotatable bonds is 2. The predicted molar refractivity (Wildman–Crippen MR) is 44.9 cm³/mol. The summed E-state index contributed by atoms with van der Waals surface area (Å²) in [5.74, 6) is -4.21. The molecule has 0 aliphatic rings. The molecule has 0 bridgehead atoms. The van der Waals surface area contributed by atoms with Crippen molar-refractivity contribution in [2.24, 2.45) is 5.73 Å². The summed E-state index contributed by atoms with van der Waals surface area (Å²) in [6.45, 7) is 0.762. The number of benzene rings is 1. The van der Waals surface area contributed by atoms with E-state index >= 15 is 0 Å². The standard InChI is InChI=1S/C9H10F3NO/c1-9(13,4-14)5-2-3-6(10)8(12)7(5)11/h2-3,14H,4,13H2,1H3. The first-order chi connectivity index (χ1) is 6.40. The second-order valence-electron chi connectivity index (χ2n) is 3.30. The SMILES string of the molecule is CC(N)(CO)c1ccc(F)c(F)c1F. The minimum absolute atomic E-state index is 0.251. The molecule has 0 saturated carbocycles. The molecule has 78 valence electrons. The minimum Gasteiger partial charge on any atom is -0.394 e. The molecule has 1 atom stereocenters. The lowest BCUT2D eigenvalue weighted by Gasteiger charge is -2.22. The van der Waals surface area contributed by atoms with Gasteiger partial charge in [-0.15, -0.1) is 0 Å². The maximum absolute atomic E-state index is 13.1. The normalized spacial score (nSPS) is 15.3. The highest BCUT2D eigenvalue weighted by Crippen LogP contribution is 2.23. The molecule has 3 N–H and O–H groups in total. The maximum atomic E-state index is 13.1. The van der Waals surface area contributed by atoms with Crippen LogP contribution in [0.3, 0.4) is 0 Å². The lowest BCUT2D eigenvalue weighted by Crippen LogP contribution is -2.38. The first kappa shape index (κ1) is 11.0. The topological polar surface area (TPSA) is 46.2 Å². The second kappa shape index (κ2) is 3.59. The molecule has 0 aromatic heterocycles. The average molecular weight is 205 g/mol. The largest absolute Gasteiger partial charge is 0.394 e. The predicted octanol–water partition coefficient (Wildman–Crippen LogP) is 1.27. The molecule has 0 fully saturated rings. The Bertz CT molecular complexity index is 352. The van der Waals surface area contributed by atoms with Crippen LogP contribution in [-0.4, -0.2) is 11.7 Å². The van der Waals surface area contributed by atoms with Gasteiger partial charge in [0.2, 0.25) is 0 Å². The number of aliphatic hydroxyl groups is 1. The van der Waals surface area contributed by atoms with Gasteiger partial charge in [0.1, 0.15) is 0 Å². The van der Waals surface area contributed by atoms with Crippen LogP contribution in [-0.2, 0) is 5.54 Å². The number of hydrogen-bond acceptors (Lipinski definition) is 2. The molecule has 0 radical (unpaired) electrons. The van der Waals surface area contributed by atoms with Gasteiger partial charge in [0.05, 0.1) is 12.1 Å². The fourth-order valence-electron chi connectivity index (χ4n) is 1.05. The Morgan fingerprint density at radius 1 is 1.29 bits per heavy atom. The van der Waals surface area contributed by atoms with E-state index in [0.717, 1.165) is 12.1 Å². The highest BCUT2D eigenvalue weighted by atomic mass is 19.2. The number of hydrogen-bond donors (Lipinski definition) is 2. The van der Waals surface area contributed by atoms with Crippen molar-refractivity contribution in [2.45, 2.75) is 12.5 Å². The van der Waals surface area contributed by atoms with Crippen LogP contribution in [0.4, 0.5) is 13.2 Å². The minimum atomic E-state index is -1.58. The fraction of sp³-hybridized carbons (Fsp3) is 0.333. The van der Waals surface area contributed by atoms with E-state index in [1.54, 1.807) is 0 Å². The zero-order valence-electron chi connectivity index (χ0n) is 7.52. The fourth-order valence-corrected chi connectivity index (χ4v) is 1.05. The van der Waals surface area contributed by atoms with Crippen molar-refractivity contribution in [3.63, 3.8) is 0 Å². The van der Waals surface area contributed by atoms with Gasteiger partial charge in [-0.2, -0.15) is 0 Å². The molecule has 1 rings (SSSR count). The monoisotopic (exact) mass is 205 g/mol. The summed E-state index contributed by atoms with van der Waals surface area (Å²) in [7, 11) is 0. The lowest BCUT2D eigenvalue weighted by atomic mass is 9.93. The molecule has 0 amide bonds. The number of halogens is 3. The van der Waals surface area contributed by atoms with E-state index < -0.39 is 29.6 Å². The van der Waals surface area contributed by atoms with E-state index in [1.807, 2.05) is 0 Å².